The molecule has 3 aromatic rings. The Morgan fingerprint density at radius 2 is 2.09 bits per heavy atom. The average molecular weight is 485 g/mol. The zero-order chi connectivity index (χ0) is 23.6. The predicted molar refractivity (Wildman–Crippen MR) is 117 cm³/mol. The van der Waals surface area contributed by atoms with Crippen LogP contribution in [0.4, 0.5) is 18.9 Å². The normalized spacial score (nSPS) is 11.6. The zero-order valence-corrected chi connectivity index (χ0v) is 18.7. The third-order valence-corrected chi connectivity index (χ3v) is 6.20. The van der Waals surface area contributed by atoms with Crippen molar-refractivity contribution in [2.45, 2.75) is 36.0 Å². The molecular weight excluding hydrogens is 465 g/mol. The first kappa shape index (κ1) is 23.7. The van der Waals surface area contributed by atoms with E-state index >= 15 is 0 Å². The molecule has 1 amide bonds. The summed E-state index contributed by atoms with van der Waals surface area (Å²) in [7, 11) is 1.65. The lowest BCUT2D eigenvalue weighted by Crippen LogP contribution is -2.29. The number of alkyl halides is 3. The SMILES string of the molecule is Cc1c(Sc2ccc(N)c(C=N)c2)cc(C(=O)NCc2c(Cl)cnn2C)n1CC(F)(F)F. The number of anilines is 1. The highest BCUT2D eigenvalue weighted by Crippen LogP contribution is 2.35. The minimum absolute atomic E-state index is 0.00749. The average Bonchev–Trinajstić information content (AvgIpc) is 3.20. The number of rotatable bonds is 7. The van der Waals surface area contributed by atoms with Crippen LogP contribution in [-0.2, 0) is 20.1 Å². The maximum Gasteiger partial charge on any atom is 0.406 e. The van der Waals surface area contributed by atoms with E-state index in [0.717, 1.165) is 10.8 Å². The molecule has 0 saturated heterocycles. The van der Waals surface area contributed by atoms with Crippen LogP contribution in [0.15, 0.2) is 40.3 Å². The van der Waals surface area contributed by atoms with Crippen molar-refractivity contribution in [1.82, 2.24) is 19.7 Å². The summed E-state index contributed by atoms with van der Waals surface area (Å²) in [4.78, 5) is 14.0. The summed E-state index contributed by atoms with van der Waals surface area (Å²) in [5.41, 5.74) is 7.41. The maximum atomic E-state index is 13.2. The van der Waals surface area contributed by atoms with Gasteiger partial charge >= 0.3 is 6.18 Å². The van der Waals surface area contributed by atoms with Crippen LogP contribution >= 0.6 is 23.4 Å². The Kier molecular flexibility index (Phi) is 6.89. The van der Waals surface area contributed by atoms with E-state index in [1.165, 1.54) is 35.6 Å². The number of nitrogens with two attached hydrogens (primary N) is 1. The van der Waals surface area contributed by atoms with Crippen LogP contribution in [0.1, 0.15) is 27.4 Å². The molecule has 0 atom stereocenters. The van der Waals surface area contributed by atoms with Gasteiger partial charge in [-0.2, -0.15) is 18.3 Å². The summed E-state index contributed by atoms with van der Waals surface area (Å²) >= 11 is 7.22. The summed E-state index contributed by atoms with van der Waals surface area (Å²) in [6.07, 6.45) is -1.99. The van der Waals surface area contributed by atoms with Crippen LogP contribution < -0.4 is 11.1 Å². The molecule has 0 fully saturated rings. The van der Waals surface area contributed by atoms with Crippen molar-refractivity contribution in [2.24, 2.45) is 7.05 Å². The molecule has 170 valence electrons. The number of carbonyl (C=O) groups excluding carboxylic acids is 1. The molecule has 0 radical (unpaired) electrons. The number of nitrogens with zero attached hydrogens (tertiary/aromatic N) is 3. The zero-order valence-electron chi connectivity index (χ0n) is 17.1. The minimum Gasteiger partial charge on any atom is -0.398 e. The van der Waals surface area contributed by atoms with Crippen LogP contribution in [0.5, 0.6) is 0 Å². The molecule has 2 heterocycles. The number of aryl methyl sites for hydroxylation is 1. The lowest BCUT2D eigenvalue weighted by atomic mass is 10.2. The highest BCUT2D eigenvalue weighted by Gasteiger charge is 2.32. The quantitative estimate of drug-likeness (QED) is 0.341. The molecule has 0 spiro atoms. The standard InChI is InChI=1S/C20H20ClF3N6OS/c1-11-18(32-13-3-4-15(26)12(5-13)7-25)6-16(30(11)10-20(22,23)24)19(31)27-9-17-14(21)8-28-29(17)2/h3-8,25H,9-10,26H2,1-2H3,(H,27,31). The van der Waals surface area contributed by atoms with Gasteiger partial charge in [-0.05, 0) is 31.2 Å². The highest BCUT2D eigenvalue weighted by molar-refractivity contribution is 7.99. The molecular formula is C20H20ClF3N6OS. The van der Waals surface area contributed by atoms with Gasteiger partial charge in [-0.1, -0.05) is 23.4 Å². The number of hydrogen-bond donors (Lipinski definition) is 3. The second kappa shape index (κ2) is 9.29. The van der Waals surface area contributed by atoms with Gasteiger partial charge in [-0.15, -0.1) is 0 Å². The van der Waals surface area contributed by atoms with Crippen molar-refractivity contribution in [2.75, 3.05) is 5.73 Å². The first-order valence-corrected chi connectivity index (χ1v) is 10.5. The van der Waals surface area contributed by atoms with Gasteiger partial charge in [0.1, 0.15) is 12.2 Å². The number of benzene rings is 1. The molecule has 0 unspecified atom stereocenters. The Morgan fingerprint density at radius 1 is 1.38 bits per heavy atom. The van der Waals surface area contributed by atoms with Gasteiger partial charge in [-0.25, -0.2) is 0 Å². The number of nitrogen functional groups attached to an aromatic ring is 1. The van der Waals surface area contributed by atoms with Gasteiger partial charge in [-0.3, -0.25) is 9.48 Å². The molecule has 0 saturated carbocycles. The highest BCUT2D eigenvalue weighted by atomic mass is 35.5. The third kappa shape index (κ3) is 5.28. The van der Waals surface area contributed by atoms with Crippen LogP contribution in [-0.4, -0.2) is 32.6 Å². The number of amides is 1. The number of aromatic nitrogens is 3. The molecule has 0 aliphatic heterocycles. The fraction of sp³-hybridized carbons (Fsp3) is 0.250. The van der Waals surface area contributed by atoms with E-state index in [9.17, 15) is 18.0 Å². The number of hydrogen-bond acceptors (Lipinski definition) is 5. The Labute approximate surface area is 191 Å². The number of halogens is 4. The molecule has 7 nitrogen and oxygen atoms in total. The molecule has 32 heavy (non-hydrogen) atoms. The predicted octanol–water partition coefficient (Wildman–Crippen LogP) is 4.41. The first-order chi connectivity index (χ1) is 15.0. The van der Waals surface area contributed by atoms with Crippen molar-refractivity contribution in [3.63, 3.8) is 0 Å². The van der Waals surface area contributed by atoms with Gasteiger partial charge in [0, 0.05) is 40.0 Å². The second-order valence-electron chi connectivity index (χ2n) is 6.96. The first-order valence-electron chi connectivity index (χ1n) is 9.29. The number of carbonyl (C=O) groups is 1. The lowest BCUT2D eigenvalue weighted by molar-refractivity contribution is -0.141. The largest absolute Gasteiger partial charge is 0.406 e. The van der Waals surface area contributed by atoms with Gasteiger partial charge in [0.2, 0.25) is 0 Å². The Hall–Kier alpha value is -2.92. The topological polar surface area (TPSA) is 102 Å². The Bertz CT molecular complexity index is 1150. The molecule has 0 bridgehead atoms. The van der Waals surface area contributed by atoms with E-state index in [0.29, 0.717) is 37.5 Å². The summed E-state index contributed by atoms with van der Waals surface area (Å²) in [5, 5.41) is 14.3. The smallest absolute Gasteiger partial charge is 0.398 e. The van der Waals surface area contributed by atoms with Gasteiger partial charge < -0.3 is 21.0 Å². The van der Waals surface area contributed by atoms with E-state index in [4.69, 9.17) is 22.7 Å². The van der Waals surface area contributed by atoms with Crippen molar-refractivity contribution in [1.29, 1.82) is 5.41 Å². The summed E-state index contributed by atoms with van der Waals surface area (Å²) in [6, 6.07) is 6.41. The minimum atomic E-state index is -4.51. The van der Waals surface area contributed by atoms with Crippen molar-refractivity contribution in [3.8, 4) is 0 Å². The van der Waals surface area contributed by atoms with Gasteiger partial charge in [0.05, 0.1) is 23.5 Å². The van der Waals surface area contributed by atoms with E-state index in [1.54, 1.807) is 25.2 Å². The fourth-order valence-electron chi connectivity index (χ4n) is 3.05. The number of nitrogens with one attached hydrogen (secondary N) is 2. The van der Waals surface area contributed by atoms with E-state index in [2.05, 4.69) is 10.4 Å². The van der Waals surface area contributed by atoms with Crippen LogP contribution in [0.2, 0.25) is 5.02 Å². The molecule has 12 heteroatoms. The van der Waals surface area contributed by atoms with Crippen LogP contribution in [0.3, 0.4) is 0 Å². The van der Waals surface area contributed by atoms with Crippen molar-refractivity contribution in [3.05, 3.63) is 58.1 Å². The molecule has 1 aromatic carbocycles. The molecule has 0 aliphatic rings. The maximum absolute atomic E-state index is 13.2. The lowest BCUT2D eigenvalue weighted by Gasteiger charge is -2.14. The fourth-order valence-corrected chi connectivity index (χ4v) is 4.29. The summed E-state index contributed by atoms with van der Waals surface area (Å²) < 4.78 is 42.1. The molecule has 4 N–H and O–H groups in total. The molecule has 3 rings (SSSR count). The van der Waals surface area contributed by atoms with E-state index in [1.807, 2.05) is 0 Å². The van der Waals surface area contributed by atoms with Gasteiger partial charge in [0.25, 0.3) is 5.91 Å². The Balaban J connectivity index is 1.92. The Morgan fingerprint density at radius 3 is 2.69 bits per heavy atom. The second-order valence-corrected chi connectivity index (χ2v) is 8.49. The molecule has 2 aromatic heterocycles. The molecule has 0 aliphatic carbocycles. The van der Waals surface area contributed by atoms with Crippen LogP contribution in [0.25, 0.3) is 0 Å². The van der Waals surface area contributed by atoms with Crippen LogP contribution in [0, 0.1) is 12.3 Å². The summed E-state index contributed by atoms with van der Waals surface area (Å²) in [6.45, 7) is 0.229. The summed E-state index contributed by atoms with van der Waals surface area (Å²) in [5.74, 6) is -0.668. The van der Waals surface area contributed by atoms with Crippen molar-refractivity contribution >= 4 is 41.2 Å². The third-order valence-electron chi connectivity index (χ3n) is 4.76. The van der Waals surface area contributed by atoms with E-state index in [-0.39, 0.29) is 12.2 Å². The van der Waals surface area contributed by atoms with Gasteiger partial charge in [0.15, 0.2) is 0 Å². The van der Waals surface area contributed by atoms with E-state index < -0.39 is 18.6 Å². The van der Waals surface area contributed by atoms with Crippen molar-refractivity contribution < 1.29 is 18.0 Å². The monoisotopic (exact) mass is 484 g/mol.